The zero-order valence-electron chi connectivity index (χ0n) is 16.8. The van der Waals surface area contributed by atoms with E-state index in [1.165, 1.54) is 12.5 Å². The Morgan fingerprint density at radius 2 is 1.88 bits per heavy atom. The predicted octanol–water partition coefficient (Wildman–Crippen LogP) is 3.69. The van der Waals surface area contributed by atoms with Crippen LogP contribution in [0.1, 0.15) is 16.1 Å². The van der Waals surface area contributed by atoms with Crippen molar-refractivity contribution in [1.82, 2.24) is 20.3 Å². The number of hydrogen-bond acceptors (Lipinski definition) is 6. The van der Waals surface area contributed by atoms with E-state index < -0.39 is 46.2 Å². The van der Waals surface area contributed by atoms with Gasteiger partial charge in [-0.25, -0.2) is 18.7 Å². The van der Waals surface area contributed by atoms with Crippen LogP contribution in [0.15, 0.2) is 42.9 Å². The summed E-state index contributed by atoms with van der Waals surface area (Å²) in [4.78, 5) is 24.1. The molecule has 0 atom stereocenters. The number of carbonyl (C=O) groups excluding carboxylic acids is 1. The fourth-order valence-corrected chi connectivity index (χ4v) is 3.10. The van der Waals surface area contributed by atoms with Crippen LogP contribution >= 0.6 is 0 Å². The van der Waals surface area contributed by atoms with E-state index in [1.54, 1.807) is 0 Å². The number of nitrogens with zero attached hydrogens (tertiary/aromatic N) is 3. The van der Waals surface area contributed by atoms with Crippen molar-refractivity contribution < 1.29 is 31.5 Å². The molecule has 1 amide bonds. The lowest BCUT2D eigenvalue weighted by atomic mass is 10.0. The molecule has 0 spiro atoms. The molecule has 2 N–H and O–H groups in total. The number of aromatic nitrogens is 3. The van der Waals surface area contributed by atoms with Crippen molar-refractivity contribution in [3.05, 3.63) is 65.7 Å². The van der Waals surface area contributed by atoms with Crippen molar-refractivity contribution in [2.24, 2.45) is 5.92 Å². The smallest absolute Gasteiger partial charge is 0.418 e. The highest BCUT2D eigenvalue weighted by atomic mass is 19.4. The van der Waals surface area contributed by atoms with Gasteiger partial charge in [-0.3, -0.25) is 4.79 Å². The number of nitrogens with one attached hydrogen (secondary N) is 2. The van der Waals surface area contributed by atoms with Crippen molar-refractivity contribution in [2.75, 3.05) is 25.0 Å². The van der Waals surface area contributed by atoms with Gasteiger partial charge in [-0.05, 0) is 24.3 Å². The number of anilines is 1. The Hall–Kier alpha value is -3.67. The first kappa shape index (κ1) is 22.5. The zero-order chi connectivity index (χ0) is 23.6. The third-order valence-electron chi connectivity index (χ3n) is 4.88. The van der Waals surface area contributed by atoms with E-state index in [-0.39, 0.29) is 17.5 Å². The number of hydrogen-bond donors (Lipinski definition) is 2. The van der Waals surface area contributed by atoms with Crippen LogP contribution in [-0.4, -0.2) is 40.6 Å². The van der Waals surface area contributed by atoms with Gasteiger partial charge in [-0.1, -0.05) is 6.07 Å². The highest BCUT2D eigenvalue weighted by Gasteiger charge is 2.36. The molecule has 0 radical (unpaired) electrons. The van der Waals surface area contributed by atoms with Gasteiger partial charge in [0, 0.05) is 19.0 Å². The van der Waals surface area contributed by atoms with Gasteiger partial charge in [0.05, 0.1) is 29.6 Å². The minimum absolute atomic E-state index is 0.0649. The van der Waals surface area contributed by atoms with Crippen LogP contribution in [0.2, 0.25) is 0 Å². The Kier molecular flexibility index (Phi) is 6.18. The van der Waals surface area contributed by atoms with Gasteiger partial charge in [-0.15, -0.1) is 0 Å². The lowest BCUT2D eigenvalue weighted by Crippen LogP contribution is -2.45. The lowest BCUT2D eigenvalue weighted by molar-refractivity contribution is -0.137. The number of halogens is 5. The van der Waals surface area contributed by atoms with Crippen molar-refractivity contribution >= 4 is 11.6 Å². The maximum absolute atomic E-state index is 14.2. The number of benzene rings is 1. The molecule has 33 heavy (non-hydrogen) atoms. The average Bonchev–Trinajstić information content (AvgIpc) is 2.73. The molecular weight excluding hydrogens is 449 g/mol. The summed E-state index contributed by atoms with van der Waals surface area (Å²) in [6.07, 6.45) is -2.50. The molecule has 7 nitrogen and oxygen atoms in total. The molecule has 1 saturated heterocycles. The Bertz CT molecular complexity index is 1160. The van der Waals surface area contributed by atoms with E-state index in [0.29, 0.717) is 12.7 Å². The number of alkyl halides is 3. The maximum atomic E-state index is 14.2. The van der Waals surface area contributed by atoms with E-state index in [9.17, 15) is 26.7 Å². The van der Waals surface area contributed by atoms with Crippen molar-refractivity contribution in [3.63, 3.8) is 0 Å². The number of rotatable bonds is 6. The van der Waals surface area contributed by atoms with E-state index >= 15 is 0 Å². The monoisotopic (exact) mass is 465 g/mol. The molecule has 4 rings (SSSR count). The Labute approximate surface area is 184 Å². The van der Waals surface area contributed by atoms with E-state index in [2.05, 4.69) is 25.6 Å². The molecule has 1 aliphatic heterocycles. The van der Waals surface area contributed by atoms with Gasteiger partial charge in [0.2, 0.25) is 5.88 Å². The SMILES string of the molecule is O=C(Nc1cncnc1OCC1CNC1)c1ccc(C(F)(F)F)c(-c2c(F)cccc2F)n1. The zero-order valence-corrected chi connectivity index (χ0v) is 16.8. The summed E-state index contributed by atoms with van der Waals surface area (Å²) in [6.45, 7) is 1.89. The lowest BCUT2D eigenvalue weighted by Gasteiger charge is -2.26. The fraction of sp³-hybridized carbons (Fsp3) is 0.238. The molecular formula is C21H16F5N5O2. The van der Waals surface area contributed by atoms with E-state index in [4.69, 9.17) is 4.74 Å². The Morgan fingerprint density at radius 3 is 2.52 bits per heavy atom. The normalized spacial score (nSPS) is 14.0. The first-order valence-corrected chi connectivity index (χ1v) is 9.71. The molecule has 0 unspecified atom stereocenters. The molecule has 1 aromatic carbocycles. The van der Waals surface area contributed by atoms with Crippen molar-refractivity contribution in [3.8, 4) is 17.1 Å². The molecule has 3 heterocycles. The van der Waals surface area contributed by atoms with Crippen LogP contribution in [0.4, 0.5) is 27.6 Å². The van der Waals surface area contributed by atoms with Crippen LogP contribution in [0, 0.1) is 17.6 Å². The van der Waals surface area contributed by atoms with Crippen molar-refractivity contribution in [1.29, 1.82) is 0 Å². The number of amides is 1. The highest BCUT2D eigenvalue weighted by Crippen LogP contribution is 2.38. The topological polar surface area (TPSA) is 89.0 Å². The van der Waals surface area contributed by atoms with Gasteiger partial charge in [0.1, 0.15) is 29.3 Å². The first-order valence-electron chi connectivity index (χ1n) is 9.71. The fourth-order valence-electron chi connectivity index (χ4n) is 3.10. The van der Waals surface area contributed by atoms with Gasteiger partial charge in [0.15, 0.2) is 0 Å². The predicted molar refractivity (Wildman–Crippen MR) is 106 cm³/mol. The summed E-state index contributed by atoms with van der Waals surface area (Å²) >= 11 is 0. The van der Waals surface area contributed by atoms with Crippen LogP contribution in [0.5, 0.6) is 5.88 Å². The Morgan fingerprint density at radius 1 is 1.15 bits per heavy atom. The third-order valence-corrected chi connectivity index (χ3v) is 4.88. The van der Waals surface area contributed by atoms with Crippen LogP contribution in [0.3, 0.4) is 0 Å². The third kappa shape index (κ3) is 4.90. The number of ether oxygens (including phenoxy) is 1. The number of pyridine rings is 1. The van der Waals surface area contributed by atoms with Gasteiger partial charge in [-0.2, -0.15) is 18.2 Å². The summed E-state index contributed by atoms with van der Waals surface area (Å²) < 4.78 is 74.5. The van der Waals surface area contributed by atoms with Crippen LogP contribution in [-0.2, 0) is 6.18 Å². The van der Waals surface area contributed by atoms with Crippen LogP contribution in [0.25, 0.3) is 11.3 Å². The summed E-state index contributed by atoms with van der Waals surface area (Å²) in [5.41, 5.74) is -3.84. The molecule has 0 aliphatic carbocycles. The number of carbonyl (C=O) groups is 1. The standard InChI is InChI=1S/C21H16F5N5O2/c22-13-2-1-3-14(23)17(13)18-12(21(24,25)26)4-5-15(30-18)19(32)31-16-8-28-10-29-20(16)33-9-11-6-27-7-11/h1-5,8,10-11,27H,6-7,9H2,(H,31,32). The largest absolute Gasteiger partial charge is 0.476 e. The minimum atomic E-state index is -4.96. The average molecular weight is 465 g/mol. The van der Waals surface area contributed by atoms with Gasteiger partial charge >= 0.3 is 6.18 Å². The van der Waals surface area contributed by atoms with Gasteiger partial charge in [0.25, 0.3) is 5.91 Å². The molecule has 1 fully saturated rings. The van der Waals surface area contributed by atoms with Gasteiger partial charge < -0.3 is 15.4 Å². The molecule has 2 aromatic heterocycles. The second kappa shape index (κ2) is 9.06. The van der Waals surface area contributed by atoms with E-state index in [0.717, 1.165) is 37.4 Å². The summed E-state index contributed by atoms with van der Waals surface area (Å²) in [5, 5.41) is 5.50. The minimum Gasteiger partial charge on any atom is -0.476 e. The quantitative estimate of drug-likeness (QED) is 0.540. The molecule has 12 heteroatoms. The van der Waals surface area contributed by atoms with E-state index in [1.807, 2.05) is 0 Å². The maximum Gasteiger partial charge on any atom is 0.418 e. The molecule has 3 aromatic rings. The molecule has 0 bridgehead atoms. The molecule has 0 saturated carbocycles. The van der Waals surface area contributed by atoms with Crippen molar-refractivity contribution in [2.45, 2.75) is 6.18 Å². The second-order valence-corrected chi connectivity index (χ2v) is 7.22. The first-order chi connectivity index (χ1) is 15.7. The summed E-state index contributed by atoms with van der Waals surface area (Å²) in [6, 6.07) is 3.97. The van der Waals surface area contributed by atoms with Crippen LogP contribution < -0.4 is 15.4 Å². The highest BCUT2D eigenvalue weighted by molar-refractivity contribution is 6.03. The second-order valence-electron chi connectivity index (χ2n) is 7.22. The summed E-state index contributed by atoms with van der Waals surface area (Å²) in [7, 11) is 0. The molecule has 172 valence electrons. The Balaban J connectivity index is 1.65. The summed E-state index contributed by atoms with van der Waals surface area (Å²) in [5.74, 6) is -3.09. The molecule has 1 aliphatic rings.